The van der Waals surface area contributed by atoms with Gasteiger partial charge in [-0.05, 0) is 97.2 Å². The Bertz CT molecular complexity index is 1200. The van der Waals surface area contributed by atoms with Crippen LogP contribution in [0.5, 0.6) is 0 Å². The van der Waals surface area contributed by atoms with E-state index in [2.05, 4.69) is 79.1 Å². The van der Waals surface area contributed by atoms with Crippen LogP contribution >= 0.6 is 0 Å². The van der Waals surface area contributed by atoms with Crippen LogP contribution in [0.3, 0.4) is 0 Å². The van der Waals surface area contributed by atoms with Crippen molar-refractivity contribution in [1.29, 1.82) is 0 Å². The summed E-state index contributed by atoms with van der Waals surface area (Å²) in [6.07, 6.45) is 6.03. The Balaban J connectivity index is 1.33. The zero-order chi connectivity index (χ0) is 23.7. The van der Waals surface area contributed by atoms with Gasteiger partial charge in [-0.2, -0.15) is 0 Å². The molecule has 0 aliphatic carbocycles. The van der Waals surface area contributed by atoms with Crippen molar-refractivity contribution in [2.24, 2.45) is 5.92 Å². The first-order valence-corrected chi connectivity index (χ1v) is 13.1. The Morgan fingerprint density at radius 1 is 0.882 bits per heavy atom. The molecule has 2 heterocycles. The zero-order valence-corrected chi connectivity index (χ0v) is 21.1. The minimum Gasteiger partial charge on any atom is -0.338 e. The molecule has 0 saturated carbocycles. The van der Waals surface area contributed by atoms with Crippen molar-refractivity contribution in [3.05, 3.63) is 81.9 Å². The lowest BCUT2D eigenvalue weighted by atomic mass is 9.92. The van der Waals surface area contributed by atoms with Crippen LogP contribution in [0.2, 0.25) is 0 Å². The van der Waals surface area contributed by atoms with Crippen LogP contribution in [0, 0.1) is 26.7 Å². The summed E-state index contributed by atoms with van der Waals surface area (Å²) in [5.41, 5.74) is 7.52. The monoisotopic (exact) mass is 454 g/mol. The predicted molar refractivity (Wildman–Crippen MR) is 141 cm³/mol. The number of aryl methyl sites for hydroxylation is 3. The number of likely N-dealkylation sites (tertiary alicyclic amines) is 1. The van der Waals surface area contributed by atoms with E-state index in [-0.39, 0.29) is 5.91 Å². The van der Waals surface area contributed by atoms with Crippen molar-refractivity contribution in [3.63, 3.8) is 0 Å². The SMILES string of the molecule is Cc1cc2c(cc1C)C(=O)N(CC1CCCCCN(Cc3c(C)ccc4ccccc34)C1)CC2. The fourth-order valence-corrected chi connectivity index (χ4v) is 5.96. The van der Waals surface area contributed by atoms with E-state index in [1.54, 1.807) is 0 Å². The van der Waals surface area contributed by atoms with Crippen LogP contribution in [0.25, 0.3) is 10.8 Å². The third-order valence-electron chi connectivity index (χ3n) is 8.13. The molecule has 1 amide bonds. The highest BCUT2D eigenvalue weighted by Gasteiger charge is 2.28. The fraction of sp³-hybridized carbons (Fsp3) is 0.452. The van der Waals surface area contributed by atoms with E-state index in [4.69, 9.17) is 0 Å². The average Bonchev–Trinajstić information content (AvgIpc) is 2.81. The molecule has 1 atom stereocenters. The highest BCUT2D eigenvalue weighted by Crippen LogP contribution is 2.28. The minimum absolute atomic E-state index is 0.239. The Kier molecular flexibility index (Phi) is 6.74. The average molecular weight is 455 g/mol. The lowest BCUT2D eigenvalue weighted by molar-refractivity contribution is 0.0678. The Hall–Kier alpha value is -2.65. The lowest BCUT2D eigenvalue weighted by Crippen LogP contribution is -2.44. The van der Waals surface area contributed by atoms with E-state index in [1.165, 1.54) is 64.3 Å². The number of rotatable bonds is 4. The zero-order valence-electron chi connectivity index (χ0n) is 21.1. The van der Waals surface area contributed by atoms with Gasteiger partial charge in [0.15, 0.2) is 0 Å². The summed E-state index contributed by atoms with van der Waals surface area (Å²) in [4.78, 5) is 18.2. The van der Waals surface area contributed by atoms with Crippen molar-refractivity contribution < 1.29 is 4.79 Å². The van der Waals surface area contributed by atoms with Crippen molar-refractivity contribution in [2.75, 3.05) is 26.2 Å². The Labute approximate surface area is 204 Å². The quantitative estimate of drug-likeness (QED) is 0.452. The van der Waals surface area contributed by atoms with Gasteiger partial charge in [0.25, 0.3) is 5.91 Å². The normalized spacial score (nSPS) is 19.7. The smallest absolute Gasteiger partial charge is 0.254 e. The van der Waals surface area contributed by atoms with Crippen LogP contribution in [-0.2, 0) is 13.0 Å². The number of hydrogen-bond donors (Lipinski definition) is 0. The van der Waals surface area contributed by atoms with Gasteiger partial charge >= 0.3 is 0 Å². The molecular weight excluding hydrogens is 416 g/mol. The fourth-order valence-electron chi connectivity index (χ4n) is 5.96. The Morgan fingerprint density at radius 2 is 1.71 bits per heavy atom. The number of nitrogens with zero attached hydrogens (tertiary/aromatic N) is 2. The molecule has 178 valence electrons. The van der Waals surface area contributed by atoms with Crippen molar-refractivity contribution in [3.8, 4) is 0 Å². The minimum atomic E-state index is 0.239. The second-order valence-electron chi connectivity index (χ2n) is 10.6. The first-order chi connectivity index (χ1) is 16.5. The van der Waals surface area contributed by atoms with Crippen molar-refractivity contribution in [1.82, 2.24) is 9.80 Å². The molecule has 0 radical (unpaired) electrons. The molecule has 3 nitrogen and oxygen atoms in total. The molecule has 1 fully saturated rings. The van der Waals surface area contributed by atoms with Crippen LogP contribution in [0.1, 0.15) is 63.9 Å². The molecule has 0 N–H and O–H groups in total. The highest BCUT2D eigenvalue weighted by molar-refractivity contribution is 5.97. The maximum Gasteiger partial charge on any atom is 0.254 e. The standard InChI is InChI=1S/C31H38N2O/c1-22-12-13-26-10-6-7-11-28(26)30(22)21-32-15-8-4-5-9-25(19-32)20-33-16-14-27-17-23(2)24(3)18-29(27)31(33)34/h6-7,10-13,17-18,25H,4-5,8-9,14-16,19-21H2,1-3H3. The first-order valence-electron chi connectivity index (χ1n) is 13.1. The van der Waals surface area contributed by atoms with E-state index in [1.807, 2.05) is 0 Å². The summed E-state index contributed by atoms with van der Waals surface area (Å²) in [6.45, 7) is 11.5. The molecule has 2 aliphatic rings. The molecule has 3 aromatic rings. The van der Waals surface area contributed by atoms with Gasteiger partial charge in [-0.15, -0.1) is 0 Å². The number of carbonyl (C=O) groups excluding carboxylic acids is 1. The Morgan fingerprint density at radius 3 is 2.59 bits per heavy atom. The molecule has 5 rings (SSSR count). The third-order valence-corrected chi connectivity index (χ3v) is 8.13. The molecule has 0 spiro atoms. The number of amides is 1. The van der Waals surface area contributed by atoms with Gasteiger partial charge in [-0.25, -0.2) is 0 Å². The first kappa shape index (κ1) is 23.1. The molecule has 0 bridgehead atoms. The molecule has 3 heteroatoms. The van der Waals surface area contributed by atoms with Crippen molar-refractivity contribution >= 4 is 16.7 Å². The molecule has 1 unspecified atom stereocenters. The molecule has 0 aromatic heterocycles. The summed E-state index contributed by atoms with van der Waals surface area (Å²) >= 11 is 0. The van der Waals surface area contributed by atoms with E-state index >= 15 is 0 Å². The van der Waals surface area contributed by atoms with E-state index in [0.29, 0.717) is 5.92 Å². The summed E-state index contributed by atoms with van der Waals surface area (Å²) < 4.78 is 0. The summed E-state index contributed by atoms with van der Waals surface area (Å²) in [7, 11) is 0. The second-order valence-corrected chi connectivity index (χ2v) is 10.6. The molecule has 1 saturated heterocycles. The number of benzene rings is 3. The topological polar surface area (TPSA) is 23.6 Å². The van der Waals surface area contributed by atoms with Crippen LogP contribution in [-0.4, -0.2) is 41.9 Å². The molecular formula is C31H38N2O. The summed E-state index contributed by atoms with van der Waals surface area (Å²) in [5, 5.41) is 2.71. The van der Waals surface area contributed by atoms with E-state index < -0.39 is 0 Å². The van der Waals surface area contributed by atoms with Gasteiger partial charge < -0.3 is 4.90 Å². The van der Waals surface area contributed by atoms with Crippen LogP contribution < -0.4 is 0 Å². The molecule has 34 heavy (non-hydrogen) atoms. The van der Waals surface area contributed by atoms with Gasteiger partial charge in [-0.1, -0.05) is 55.3 Å². The van der Waals surface area contributed by atoms with Gasteiger partial charge in [0.05, 0.1) is 0 Å². The van der Waals surface area contributed by atoms with Gasteiger partial charge in [0, 0.05) is 31.7 Å². The van der Waals surface area contributed by atoms with Crippen LogP contribution in [0.4, 0.5) is 0 Å². The van der Waals surface area contributed by atoms with Gasteiger partial charge in [0.2, 0.25) is 0 Å². The predicted octanol–water partition coefficient (Wildman–Crippen LogP) is 6.46. The van der Waals surface area contributed by atoms with E-state index in [9.17, 15) is 4.79 Å². The lowest BCUT2D eigenvalue weighted by Gasteiger charge is -2.36. The third kappa shape index (κ3) is 4.77. The van der Waals surface area contributed by atoms with Gasteiger partial charge in [0.1, 0.15) is 0 Å². The number of fused-ring (bicyclic) bond motifs is 2. The maximum atomic E-state index is 13.4. The second kappa shape index (κ2) is 9.92. The van der Waals surface area contributed by atoms with Crippen LogP contribution in [0.15, 0.2) is 48.5 Å². The molecule has 2 aliphatic heterocycles. The van der Waals surface area contributed by atoms with E-state index in [0.717, 1.165) is 44.7 Å². The maximum absolute atomic E-state index is 13.4. The largest absolute Gasteiger partial charge is 0.338 e. The summed E-state index contributed by atoms with van der Waals surface area (Å²) in [5.74, 6) is 0.774. The van der Waals surface area contributed by atoms with Crippen molar-refractivity contribution in [2.45, 2.75) is 59.4 Å². The van der Waals surface area contributed by atoms with Gasteiger partial charge in [-0.3, -0.25) is 9.69 Å². The summed E-state index contributed by atoms with van der Waals surface area (Å²) in [6, 6.07) is 17.6. The number of carbonyl (C=O) groups is 1. The highest BCUT2D eigenvalue weighted by atomic mass is 16.2. The number of hydrogen-bond acceptors (Lipinski definition) is 2. The molecule has 3 aromatic carbocycles.